The molecule has 1 N–H and O–H groups in total. The highest BCUT2D eigenvalue weighted by atomic mass is 79.9. The molecule has 0 amide bonds. The van der Waals surface area contributed by atoms with E-state index in [4.69, 9.17) is 16.3 Å². The molecule has 1 aliphatic rings. The van der Waals surface area contributed by atoms with Crippen molar-refractivity contribution in [1.82, 2.24) is 5.32 Å². The van der Waals surface area contributed by atoms with Crippen LogP contribution in [0.2, 0.25) is 5.02 Å². The van der Waals surface area contributed by atoms with Crippen LogP contribution in [0.5, 0.6) is 5.75 Å². The number of nitrogens with one attached hydrogen (secondary N) is 1. The number of benzene rings is 1. The lowest BCUT2D eigenvalue weighted by atomic mass is 9.95. The van der Waals surface area contributed by atoms with Crippen molar-refractivity contribution in [2.75, 3.05) is 13.2 Å². The zero-order valence-corrected chi connectivity index (χ0v) is 13.1. The Kier molecular flexibility index (Phi) is 4.57. The number of hydrogen-bond acceptors (Lipinski definition) is 2. The van der Waals surface area contributed by atoms with E-state index in [1.807, 2.05) is 18.2 Å². The van der Waals surface area contributed by atoms with Crippen molar-refractivity contribution in [3.8, 4) is 5.75 Å². The van der Waals surface area contributed by atoms with E-state index in [2.05, 4.69) is 35.1 Å². The van der Waals surface area contributed by atoms with Crippen LogP contribution in [0.3, 0.4) is 0 Å². The van der Waals surface area contributed by atoms with E-state index in [0.29, 0.717) is 11.6 Å². The lowest BCUT2D eigenvalue weighted by Crippen LogP contribution is -2.35. The second kappa shape index (κ2) is 5.81. The predicted octanol–water partition coefficient (Wildman–Crippen LogP) is 4.26. The lowest BCUT2D eigenvalue weighted by Gasteiger charge is -2.25. The monoisotopic (exact) mass is 331 g/mol. The molecule has 4 heteroatoms. The van der Waals surface area contributed by atoms with Gasteiger partial charge in [-0.1, -0.05) is 25.4 Å². The molecule has 0 bridgehead atoms. The van der Waals surface area contributed by atoms with Gasteiger partial charge in [0.05, 0.1) is 11.1 Å². The summed E-state index contributed by atoms with van der Waals surface area (Å²) in [6.45, 7) is 6.11. The van der Waals surface area contributed by atoms with Crippen LogP contribution in [0, 0.1) is 5.41 Å². The maximum atomic E-state index is 5.90. The van der Waals surface area contributed by atoms with Crippen LogP contribution in [0.25, 0.3) is 0 Å². The van der Waals surface area contributed by atoms with Crippen LogP contribution < -0.4 is 10.1 Å². The van der Waals surface area contributed by atoms with Gasteiger partial charge in [0.1, 0.15) is 5.75 Å². The minimum Gasteiger partial charge on any atom is -0.492 e. The summed E-state index contributed by atoms with van der Waals surface area (Å²) in [6.07, 6.45) is 2.64. The highest BCUT2D eigenvalue weighted by Gasteiger charge is 2.25. The zero-order valence-electron chi connectivity index (χ0n) is 10.8. The van der Waals surface area contributed by atoms with Crippen molar-refractivity contribution in [2.45, 2.75) is 32.7 Å². The second-order valence-corrected chi connectivity index (χ2v) is 6.97. The Bertz CT molecular complexity index is 418. The molecule has 0 heterocycles. The maximum absolute atomic E-state index is 5.90. The fourth-order valence-electron chi connectivity index (χ4n) is 1.62. The van der Waals surface area contributed by atoms with Crippen molar-refractivity contribution in [3.05, 3.63) is 27.7 Å². The summed E-state index contributed by atoms with van der Waals surface area (Å²) in [5.74, 6) is 0.846. The molecule has 0 unspecified atom stereocenters. The molecule has 1 aliphatic carbocycles. The molecule has 1 fully saturated rings. The summed E-state index contributed by atoms with van der Waals surface area (Å²) < 4.78 is 6.77. The number of rotatable bonds is 6. The molecule has 1 saturated carbocycles. The van der Waals surface area contributed by atoms with Gasteiger partial charge < -0.3 is 10.1 Å². The molecule has 1 aromatic carbocycles. The SMILES string of the molecule is CC(C)(CNC1CC1)COc1ccc(Cl)cc1Br. The molecule has 1 aromatic rings. The fraction of sp³-hybridized carbons (Fsp3) is 0.571. The molecule has 0 radical (unpaired) electrons. The van der Waals surface area contributed by atoms with Crippen molar-refractivity contribution in [3.63, 3.8) is 0 Å². The molecule has 2 nitrogen and oxygen atoms in total. The first-order chi connectivity index (χ1) is 8.46. The minimum absolute atomic E-state index is 0.127. The van der Waals surface area contributed by atoms with Gasteiger partial charge in [0.15, 0.2) is 0 Å². The zero-order chi connectivity index (χ0) is 13.2. The first-order valence-electron chi connectivity index (χ1n) is 6.27. The van der Waals surface area contributed by atoms with E-state index in [9.17, 15) is 0 Å². The third-order valence-corrected chi connectivity index (χ3v) is 3.81. The van der Waals surface area contributed by atoms with E-state index in [1.54, 1.807) is 0 Å². The van der Waals surface area contributed by atoms with Crippen LogP contribution >= 0.6 is 27.5 Å². The van der Waals surface area contributed by atoms with Gasteiger partial charge in [0, 0.05) is 23.0 Å². The van der Waals surface area contributed by atoms with E-state index in [0.717, 1.165) is 22.8 Å². The Morgan fingerprint density at radius 1 is 1.44 bits per heavy atom. The van der Waals surface area contributed by atoms with Crippen LogP contribution in [-0.4, -0.2) is 19.2 Å². The molecule has 0 aliphatic heterocycles. The predicted molar refractivity (Wildman–Crippen MR) is 79.5 cm³/mol. The topological polar surface area (TPSA) is 21.3 Å². The quantitative estimate of drug-likeness (QED) is 0.840. The summed E-state index contributed by atoms with van der Waals surface area (Å²) >= 11 is 9.36. The number of halogens is 2. The molecule has 0 saturated heterocycles. The summed E-state index contributed by atoms with van der Waals surface area (Å²) in [5.41, 5.74) is 0.127. The van der Waals surface area contributed by atoms with Crippen LogP contribution in [0.1, 0.15) is 26.7 Å². The Hall–Kier alpha value is -0.250. The van der Waals surface area contributed by atoms with Gasteiger partial charge in [-0.05, 0) is 47.0 Å². The lowest BCUT2D eigenvalue weighted by molar-refractivity contribution is 0.175. The van der Waals surface area contributed by atoms with Gasteiger partial charge in [-0.3, -0.25) is 0 Å². The summed E-state index contributed by atoms with van der Waals surface area (Å²) in [4.78, 5) is 0. The highest BCUT2D eigenvalue weighted by molar-refractivity contribution is 9.10. The number of hydrogen-bond donors (Lipinski definition) is 1. The standard InChI is InChI=1S/C14H19BrClNO/c1-14(2,8-17-11-4-5-11)9-18-13-6-3-10(16)7-12(13)15/h3,6-7,11,17H,4-5,8-9H2,1-2H3. The molecule has 0 atom stereocenters. The van der Waals surface area contributed by atoms with Crippen molar-refractivity contribution < 1.29 is 4.74 Å². The average molecular weight is 333 g/mol. The Morgan fingerprint density at radius 2 is 2.17 bits per heavy atom. The third-order valence-electron chi connectivity index (χ3n) is 2.96. The molecular formula is C14H19BrClNO. The molecule has 18 heavy (non-hydrogen) atoms. The van der Waals surface area contributed by atoms with E-state index >= 15 is 0 Å². The van der Waals surface area contributed by atoms with Crippen molar-refractivity contribution >= 4 is 27.5 Å². The molecule has 0 aromatic heterocycles. The van der Waals surface area contributed by atoms with Gasteiger partial charge >= 0.3 is 0 Å². The molecule has 0 spiro atoms. The third kappa shape index (κ3) is 4.45. The van der Waals surface area contributed by atoms with Gasteiger partial charge in [-0.25, -0.2) is 0 Å². The Labute approximate surface area is 122 Å². The van der Waals surface area contributed by atoms with E-state index < -0.39 is 0 Å². The van der Waals surface area contributed by atoms with Gasteiger partial charge in [-0.2, -0.15) is 0 Å². The Balaban J connectivity index is 1.84. The largest absolute Gasteiger partial charge is 0.492 e. The van der Waals surface area contributed by atoms with E-state index in [-0.39, 0.29) is 5.41 Å². The van der Waals surface area contributed by atoms with Gasteiger partial charge in [0.2, 0.25) is 0 Å². The van der Waals surface area contributed by atoms with Crippen molar-refractivity contribution in [2.24, 2.45) is 5.41 Å². The number of ether oxygens (including phenoxy) is 1. The van der Waals surface area contributed by atoms with Crippen molar-refractivity contribution in [1.29, 1.82) is 0 Å². The van der Waals surface area contributed by atoms with Crippen LogP contribution in [0.4, 0.5) is 0 Å². The Morgan fingerprint density at radius 3 is 2.78 bits per heavy atom. The van der Waals surface area contributed by atoms with Crippen LogP contribution in [-0.2, 0) is 0 Å². The maximum Gasteiger partial charge on any atom is 0.133 e. The summed E-state index contributed by atoms with van der Waals surface area (Å²) in [7, 11) is 0. The normalized spacial score (nSPS) is 15.8. The minimum atomic E-state index is 0.127. The van der Waals surface area contributed by atoms with Crippen LogP contribution in [0.15, 0.2) is 22.7 Å². The molecular weight excluding hydrogens is 314 g/mol. The molecule has 2 rings (SSSR count). The second-order valence-electron chi connectivity index (χ2n) is 5.68. The van der Waals surface area contributed by atoms with Gasteiger partial charge in [-0.15, -0.1) is 0 Å². The fourth-order valence-corrected chi connectivity index (χ4v) is 2.42. The summed E-state index contributed by atoms with van der Waals surface area (Å²) in [5, 5.41) is 4.26. The summed E-state index contributed by atoms with van der Waals surface area (Å²) in [6, 6.07) is 6.34. The molecule has 100 valence electrons. The highest BCUT2D eigenvalue weighted by Crippen LogP contribution is 2.29. The average Bonchev–Trinajstić information content (AvgIpc) is 3.09. The first-order valence-corrected chi connectivity index (χ1v) is 7.45. The van der Waals surface area contributed by atoms with E-state index in [1.165, 1.54) is 12.8 Å². The van der Waals surface area contributed by atoms with Gasteiger partial charge in [0.25, 0.3) is 0 Å². The smallest absolute Gasteiger partial charge is 0.133 e. The first kappa shape index (κ1) is 14.2.